The van der Waals surface area contributed by atoms with Gasteiger partial charge in [0.15, 0.2) is 0 Å². The van der Waals surface area contributed by atoms with E-state index in [1.165, 1.54) is 43.7 Å². The maximum atomic E-state index is 12.1. The number of hydrogen-bond acceptors (Lipinski definition) is 4. The molecule has 0 spiro atoms. The van der Waals surface area contributed by atoms with Crippen molar-refractivity contribution in [3.8, 4) is 6.01 Å². The quantitative estimate of drug-likeness (QED) is 0.223. The van der Waals surface area contributed by atoms with Crippen LogP contribution in [-0.4, -0.2) is 15.9 Å². The minimum absolute atomic E-state index is 0.109. The normalized spacial score (nSPS) is 12.2. The average Bonchev–Trinajstić information content (AvgIpc) is 2.75. The van der Waals surface area contributed by atoms with Crippen LogP contribution in [0.25, 0.3) is 0 Å². The maximum absolute atomic E-state index is 12.1. The van der Waals surface area contributed by atoms with E-state index in [1.807, 2.05) is 24.3 Å². The van der Waals surface area contributed by atoms with E-state index in [0.717, 1.165) is 31.2 Å². The monoisotopic (exact) mass is 394 g/mol. The highest BCUT2D eigenvalue weighted by molar-refractivity contribution is 5.83. The molecule has 1 aromatic carbocycles. The average molecular weight is 395 g/mol. The zero-order valence-electron chi connectivity index (χ0n) is 17.8. The van der Waals surface area contributed by atoms with Crippen LogP contribution in [0.3, 0.4) is 0 Å². The summed E-state index contributed by atoms with van der Waals surface area (Å²) in [5, 5.41) is 0. The van der Waals surface area contributed by atoms with Crippen molar-refractivity contribution < 1.29 is 9.53 Å². The number of unbranched alkanes of at least 4 members (excludes halogenated alkanes) is 5. The summed E-state index contributed by atoms with van der Waals surface area (Å²) in [4.78, 5) is 20.5. The van der Waals surface area contributed by atoms with Gasteiger partial charge < -0.3 is 4.74 Å². The van der Waals surface area contributed by atoms with Gasteiger partial charge in [-0.3, -0.25) is 0 Å². The summed E-state index contributed by atoms with van der Waals surface area (Å²) in [5.41, 5.74) is 2.29. The number of carbonyl (C=O) groups is 1. The van der Waals surface area contributed by atoms with E-state index < -0.39 is 5.97 Å². The lowest BCUT2D eigenvalue weighted by Gasteiger charge is -2.11. The number of carbonyl (C=O) groups excluding carboxylic acids is 1. The Balaban J connectivity index is 1.80. The van der Waals surface area contributed by atoms with Crippen LogP contribution in [0.4, 0.5) is 0 Å². The van der Waals surface area contributed by atoms with Gasteiger partial charge in [-0.2, -0.15) is 0 Å². The van der Waals surface area contributed by atoms with Gasteiger partial charge in [0.2, 0.25) is 0 Å². The molecule has 0 fully saturated rings. The van der Waals surface area contributed by atoms with E-state index in [2.05, 4.69) is 35.9 Å². The number of rotatable bonds is 13. The highest BCUT2D eigenvalue weighted by Gasteiger charge is 2.09. The van der Waals surface area contributed by atoms with Crippen molar-refractivity contribution in [2.45, 2.75) is 77.6 Å². The SMILES string of the molecule is CCCCCCCCc1cnc(OC(=O)/C=C/C(CCC)c2ccccc2)nc1. The molecule has 156 valence electrons. The Morgan fingerprint density at radius 3 is 2.34 bits per heavy atom. The first-order chi connectivity index (χ1) is 14.2. The van der Waals surface area contributed by atoms with E-state index in [9.17, 15) is 4.79 Å². The smallest absolute Gasteiger partial charge is 0.338 e. The summed E-state index contributed by atoms with van der Waals surface area (Å²) in [7, 11) is 0. The number of benzene rings is 1. The molecule has 0 radical (unpaired) electrons. The van der Waals surface area contributed by atoms with Crippen molar-refractivity contribution in [1.29, 1.82) is 0 Å². The first kappa shape index (κ1) is 22.8. The number of allylic oxidation sites excluding steroid dienone is 1. The topological polar surface area (TPSA) is 52.1 Å². The molecular weight excluding hydrogens is 360 g/mol. The molecule has 4 heteroatoms. The molecule has 0 bridgehead atoms. The van der Waals surface area contributed by atoms with Crippen molar-refractivity contribution in [2.75, 3.05) is 0 Å². The van der Waals surface area contributed by atoms with Crippen LogP contribution in [0.1, 0.15) is 82.3 Å². The third kappa shape index (κ3) is 9.03. The molecule has 4 nitrogen and oxygen atoms in total. The van der Waals surface area contributed by atoms with Gasteiger partial charge in [0.05, 0.1) is 0 Å². The Morgan fingerprint density at radius 2 is 1.66 bits per heavy atom. The number of nitrogens with zero attached hydrogens (tertiary/aromatic N) is 2. The molecule has 0 N–H and O–H groups in total. The number of esters is 1. The van der Waals surface area contributed by atoms with Crippen LogP contribution >= 0.6 is 0 Å². The fourth-order valence-electron chi connectivity index (χ4n) is 3.34. The number of aryl methyl sites for hydroxylation is 1. The molecule has 0 saturated heterocycles. The summed E-state index contributed by atoms with van der Waals surface area (Å²) >= 11 is 0. The maximum Gasteiger partial charge on any atom is 0.338 e. The highest BCUT2D eigenvalue weighted by Crippen LogP contribution is 2.22. The third-order valence-corrected chi connectivity index (χ3v) is 4.98. The van der Waals surface area contributed by atoms with Crippen LogP contribution in [0.2, 0.25) is 0 Å². The minimum Gasteiger partial charge on any atom is -0.388 e. The van der Waals surface area contributed by atoms with Crippen LogP contribution in [0, 0.1) is 0 Å². The minimum atomic E-state index is -0.439. The molecule has 0 aliphatic heterocycles. The van der Waals surface area contributed by atoms with Crippen LogP contribution in [0.15, 0.2) is 54.9 Å². The van der Waals surface area contributed by atoms with Crippen molar-refractivity contribution in [1.82, 2.24) is 9.97 Å². The standard InChI is InChI=1S/C25H34N2O2/c1-3-5-6-7-8-10-14-21-19-26-25(27-20-21)29-24(28)18-17-22(13-4-2)23-15-11-9-12-16-23/h9,11-12,15-20,22H,3-8,10,13-14H2,1-2H3/b18-17+. The fraction of sp³-hybridized carbons (Fsp3) is 0.480. The van der Waals surface area contributed by atoms with Crippen molar-refractivity contribution >= 4 is 5.97 Å². The highest BCUT2D eigenvalue weighted by atomic mass is 16.5. The predicted molar refractivity (Wildman–Crippen MR) is 118 cm³/mol. The molecule has 0 amide bonds. The van der Waals surface area contributed by atoms with Crippen molar-refractivity contribution in [2.24, 2.45) is 0 Å². The zero-order valence-corrected chi connectivity index (χ0v) is 17.8. The molecule has 1 aromatic heterocycles. The molecule has 0 aliphatic rings. The Morgan fingerprint density at radius 1 is 0.966 bits per heavy atom. The molecule has 1 unspecified atom stereocenters. The van der Waals surface area contributed by atoms with Gasteiger partial charge in [0.25, 0.3) is 0 Å². The Bertz CT molecular complexity index is 726. The van der Waals surface area contributed by atoms with Gasteiger partial charge in [0.1, 0.15) is 0 Å². The molecule has 1 heterocycles. The van der Waals surface area contributed by atoms with Gasteiger partial charge in [-0.1, -0.05) is 88.8 Å². The molecule has 2 rings (SSSR count). The van der Waals surface area contributed by atoms with E-state index in [4.69, 9.17) is 4.74 Å². The van der Waals surface area contributed by atoms with Gasteiger partial charge >= 0.3 is 12.0 Å². The second-order valence-electron chi connectivity index (χ2n) is 7.48. The van der Waals surface area contributed by atoms with Crippen molar-refractivity contribution in [3.05, 3.63) is 66.0 Å². The van der Waals surface area contributed by atoms with Crippen molar-refractivity contribution in [3.63, 3.8) is 0 Å². The first-order valence-corrected chi connectivity index (χ1v) is 11.0. The van der Waals surface area contributed by atoms with Gasteiger partial charge in [-0.05, 0) is 30.4 Å². The fourth-order valence-corrected chi connectivity index (χ4v) is 3.34. The van der Waals surface area contributed by atoms with Crippen LogP contribution in [-0.2, 0) is 11.2 Å². The van der Waals surface area contributed by atoms with Crippen LogP contribution in [0.5, 0.6) is 6.01 Å². The van der Waals surface area contributed by atoms with E-state index >= 15 is 0 Å². The zero-order chi connectivity index (χ0) is 20.7. The van der Waals surface area contributed by atoms with E-state index in [1.54, 1.807) is 12.4 Å². The summed E-state index contributed by atoms with van der Waals surface area (Å²) in [6.45, 7) is 4.37. The number of ether oxygens (including phenoxy) is 1. The van der Waals surface area contributed by atoms with E-state index in [0.29, 0.717) is 0 Å². The summed E-state index contributed by atoms with van der Waals surface area (Å²) in [6.07, 6.45) is 17.5. The predicted octanol–water partition coefficient (Wildman–Crippen LogP) is 6.43. The Labute approximate surface area is 175 Å². The Kier molecular flexibility index (Phi) is 10.7. The van der Waals surface area contributed by atoms with Crippen LogP contribution < -0.4 is 4.74 Å². The summed E-state index contributed by atoms with van der Waals surface area (Å²) in [5.74, 6) is -0.236. The largest absolute Gasteiger partial charge is 0.388 e. The second kappa shape index (κ2) is 13.6. The van der Waals surface area contributed by atoms with Gasteiger partial charge in [-0.25, -0.2) is 14.8 Å². The lowest BCUT2D eigenvalue weighted by Crippen LogP contribution is -2.08. The summed E-state index contributed by atoms with van der Waals surface area (Å²) < 4.78 is 5.26. The number of aromatic nitrogens is 2. The number of hydrogen-bond donors (Lipinski definition) is 0. The second-order valence-corrected chi connectivity index (χ2v) is 7.48. The molecule has 1 atom stereocenters. The lowest BCUT2D eigenvalue weighted by atomic mass is 9.94. The Hall–Kier alpha value is -2.49. The molecule has 29 heavy (non-hydrogen) atoms. The molecule has 2 aromatic rings. The van der Waals surface area contributed by atoms with Gasteiger partial charge in [-0.15, -0.1) is 0 Å². The molecule has 0 saturated carbocycles. The first-order valence-electron chi connectivity index (χ1n) is 11.0. The molecule has 0 aliphatic carbocycles. The summed E-state index contributed by atoms with van der Waals surface area (Å²) in [6, 6.07) is 10.3. The van der Waals surface area contributed by atoms with E-state index in [-0.39, 0.29) is 11.9 Å². The lowest BCUT2D eigenvalue weighted by molar-refractivity contribution is -0.129. The van der Waals surface area contributed by atoms with Gasteiger partial charge in [0, 0.05) is 24.4 Å². The third-order valence-electron chi connectivity index (χ3n) is 4.98. The molecular formula is C25H34N2O2.